The second-order valence-corrected chi connectivity index (χ2v) is 5.69. The number of carbonyl (C=O) groups is 1. The van der Waals surface area contributed by atoms with Crippen LogP contribution in [0.2, 0.25) is 0 Å². The number of carbonyl (C=O) groups excluding carboxylic acids is 1. The Kier molecular flexibility index (Phi) is 7.01. The van der Waals surface area contributed by atoms with Crippen LogP contribution < -0.4 is 11.1 Å². The lowest BCUT2D eigenvalue weighted by Crippen LogP contribution is -2.20. The minimum atomic E-state index is -4.45. The van der Waals surface area contributed by atoms with Gasteiger partial charge in [0.2, 0.25) is 5.91 Å². The van der Waals surface area contributed by atoms with Crippen LogP contribution in [-0.2, 0) is 11.0 Å². The zero-order valence-corrected chi connectivity index (χ0v) is 14.6. The molecule has 1 unspecified atom stereocenters. The molecule has 1 amide bonds. The second-order valence-electron chi connectivity index (χ2n) is 5.69. The van der Waals surface area contributed by atoms with Gasteiger partial charge in [0.15, 0.2) is 0 Å². The number of nitrogens with one attached hydrogen (secondary N) is 1. The number of anilines is 1. The van der Waals surface area contributed by atoms with Crippen molar-refractivity contribution in [3.05, 3.63) is 41.6 Å². The summed E-state index contributed by atoms with van der Waals surface area (Å²) in [7, 11) is 0. The Bertz CT molecular complexity index is 728. The molecule has 1 heterocycles. The maximum Gasteiger partial charge on any atom is 0.416 e. The summed E-state index contributed by atoms with van der Waals surface area (Å²) in [4.78, 5) is 11.9. The summed E-state index contributed by atoms with van der Waals surface area (Å²) in [6.45, 7) is 3.49. The minimum absolute atomic E-state index is 0. The molecule has 0 saturated carbocycles. The van der Waals surface area contributed by atoms with Crippen LogP contribution in [0.25, 0.3) is 5.69 Å². The van der Waals surface area contributed by atoms with Crippen LogP contribution in [0.4, 0.5) is 19.0 Å². The van der Waals surface area contributed by atoms with Gasteiger partial charge in [-0.15, -0.1) is 12.4 Å². The number of hydrogen-bond donors (Lipinski definition) is 2. The zero-order chi connectivity index (χ0) is 17.9. The summed E-state index contributed by atoms with van der Waals surface area (Å²) in [5, 5.41) is 6.83. The summed E-state index contributed by atoms with van der Waals surface area (Å²) in [6, 6.07) is 6.27. The Morgan fingerprint density at radius 1 is 1.36 bits per heavy atom. The SMILES string of the molecule is Cc1cc(NC(=O)CCC(C)N)n(-c2cccc(C(F)(F)F)c2)n1.Cl. The molecule has 2 aromatic rings. The predicted molar refractivity (Wildman–Crippen MR) is 92.1 cm³/mol. The molecule has 9 heteroatoms. The lowest BCUT2D eigenvalue weighted by Gasteiger charge is -2.12. The highest BCUT2D eigenvalue weighted by Crippen LogP contribution is 2.31. The third-order valence-corrected chi connectivity index (χ3v) is 3.34. The van der Waals surface area contributed by atoms with Crippen LogP contribution >= 0.6 is 12.4 Å². The third kappa shape index (κ3) is 5.75. The van der Waals surface area contributed by atoms with Crippen molar-refractivity contribution in [2.75, 3.05) is 5.32 Å². The van der Waals surface area contributed by atoms with Gasteiger partial charge in [-0.2, -0.15) is 18.3 Å². The van der Waals surface area contributed by atoms with Gasteiger partial charge in [0, 0.05) is 18.5 Å². The van der Waals surface area contributed by atoms with Gasteiger partial charge in [0.1, 0.15) is 5.82 Å². The van der Waals surface area contributed by atoms with Crippen molar-refractivity contribution in [3.8, 4) is 5.69 Å². The quantitative estimate of drug-likeness (QED) is 0.835. The standard InChI is InChI=1S/C16H19F3N4O.ClH/c1-10(20)6-7-15(24)21-14-8-11(2)22-23(14)13-5-3-4-12(9-13)16(17,18)19;/h3-5,8-10H,6-7,20H2,1-2H3,(H,21,24);1H. The van der Waals surface area contributed by atoms with E-state index in [1.54, 1.807) is 19.9 Å². The van der Waals surface area contributed by atoms with Crippen molar-refractivity contribution in [3.63, 3.8) is 0 Å². The van der Waals surface area contributed by atoms with Gasteiger partial charge in [-0.1, -0.05) is 6.07 Å². The molecule has 0 fully saturated rings. The molecule has 0 spiro atoms. The van der Waals surface area contributed by atoms with Crippen LogP contribution in [0, 0.1) is 6.92 Å². The Balaban J connectivity index is 0.00000312. The lowest BCUT2D eigenvalue weighted by atomic mass is 10.2. The van der Waals surface area contributed by atoms with Gasteiger partial charge in [0.05, 0.1) is 16.9 Å². The van der Waals surface area contributed by atoms with E-state index < -0.39 is 11.7 Å². The van der Waals surface area contributed by atoms with Gasteiger partial charge in [-0.25, -0.2) is 4.68 Å². The number of aryl methyl sites for hydroxylation is 1. The Morgan fingerprint density at radius 2 is 2.04 bits per heavy atom. The van der Waals surface area contributed by atoms with Crippen molar-refractivity contribution in [2.24, 2.45) is 5.73 Å². The molecule has 0 aliphatic heterocycles. The molecule has 0 bridgehead atoms. The summed E-state index contributed by atoms with van der Waals surface area (Å²) >= 11 is 0. The minimum Gasteiger partial charge on any atom is -0.328 e. The average molecular weight is 377 g/mol. The number of amides is 1. The van der Waals surface area contributed by atoms with Gasteiger partial charge in [0.25, 0.3) is 0 Å². The number of nitrogens with zero attached hydrogens (tertiary/aromatic N) is 2. The molecule has 0 radical (unpaired) electrons. The molecule has 3 N–H and O–H groups in total. The van der Waals surface area contributed by atoms with Crippen LogP contribution in [0.3, 0.4) is 0 Å². The number of hydrogen-bond acceptors (Lipinski definition) is 3. The van der Waals surface area contributed by atoms with Gasteiger partial charge < -0.3 is 11.1 Å². The fraction of sp³-hybridized carbons (Fsp3) is 0.375. The first-order valence-corrected chi connectivity index (χ1v) is 7.46. The number of nitrogens with two attached hydrogens (primary N) is 1. The van der Waals surface area contributed by atoms with Gasteiger partial charge >= 0.3 is 6.18 Å². The smallest absolute Gasteiger partial charge is 0.328 e. The molecule has 138 valence electrons. The highest BCUT2D eigenvalue weighted by Gasteiger charge is 2.30. The maximum absolute atomic E-state index is 12.9. The average Bonchev–Trinajstić information content (AvgIpc) is 2.85. The molecule has 5 nitrogen and oxygen atoms in total. The van der Waals surface area contributed by atoms with Crippen molar-refractivity contribution in [1.82, 2.24) is 9.78 Å². The van der Waals surface area contributed by atoms with E-state index in [1.165, 1.54) is 16.8 Å². The topological polar surface area (TPSA) is 72.9 Å². The van der Waals surface area contributed by atoms with E-state index in [4.69, 9.17) is 5.73 Å². The largest absolute Gasteiger partial charge is 0.416 e. The third-order valence-electron chi connectivity index (χ3n) is 3.34. The highest BCUT2D eigenvalue weighted by atomic mass is 35.5. The van der Waals surface area contributed by atoms with E-state index in [2.05, 4.69) is 10.4 Å². The zero-order valence-electron chi connectivity index (χ0n) is 13.8. The molecular weight excluding hydrogens is 357 g/mol. The molecule has 25 heavy (non-hydrogen) atoms. The van der Waals surface area contributed by atoms with Crippen molar-refractivity contribution < 1.29 is 18.0 Å². The fourth-order valence-corrected chi connectivity index (χ4v) is 2.16. The lowest BCUT2D eigenvalue weighted by molar-refractivity contribution is -0.137. The van der Waals surface area contributed by atoms with Crippen LogP contribution in [0.5, 0.6) is 0 Å². The number of halogens is 4. The predicted octanol–water partition coefficient (Wildman–Crippen LogP) is 3.69. The summed E-state index contributed by atoms with van der Waals surface area (Å²) in [5.41, 5.74) is 5.64. The number of alkyl halides is 3. The normalized spacial score (nSPS) is 12.4. The van der Waals surface area contributed by atoms with Crippen molar-refractivity contribution in [1.29, 1.82) is 0 Å². The summed E-state index contributed by atoms with van der Waals surface area (Å²) in [6.07, 6.45) is -3.70. The first-order chi connectivity index (χ1) is 11.2. The molecule has 0 aliphatic carbocycles. The van der Waals surface area contributed by atoms with Crippen molar-refractivity contribution in [2.45, 2.75) is 38.9 Å². The molecule has 1 aromatic heterocycles. The van der Waals surface area contributed by atoms with Crippen LogP contribution in [-0.4, -0.2) is 21.7 Å². The molecule has 0 aliphatic rings. The van der Waals surface area contributed by atoms with E-state index in [0.29, 0.717) is 17.9 Å². The van der Waals surface area contributed by atoms with E-state index in [9.17, 15) is 18.0 Å². The van der Waals surface area contributed by atoms with Gasteiger partial charge in [-0.05, 0) is 38.5 Å². The van der Waals surface area contributed by atoms with E-state index in [-0.39, 0.29) is 36.5 Å². The maximum atomic E-state index is 12.9. The van der Waals surface area contributed by atoms with E-state index in [0.717, 1.165) is 12.1 Å². The second kappa shape index (κ2) is 8.35. The summed E-state index contributed by atoms with van der Waals surface area (Å²) < 4.78 is 39.9. The number of rotatable bonds is 5. The summed E-state index contributed by atoms with van der Waals surface area (Å²) in [5.74, 6) is 0.0573. The molecular formula is C16H20ClF3N4O. The first-order valence-electron chi connectivity index (χ1n) is 7.46. The highest BCUT2D eigenvalue weighted by molar-refractivity contribution is 5.90. The Morgan fingerprint density at radius 3 is 2.64 bits per heavy atom. The molecule has 0 saturated heterocycles. The fourth-order valence-electron chi connectivity index (χ4n) is 2.16. The van der Waals surface area contributed by atoms with E-state index >= 15 is 0 Å². The molecule has 2 rings (SSSR count). The Labute approximate surface area is 149 Å². The van der Waals surface area contributed by atoms with Crippen LogP contribution in [0.1, 0.15) is 31.0 Å². The monoisotopic (exact) mass is 376 g/mol. The van der Waals surface area contributed by atoms with Crippen LogP contribution in [0.15, 0.2) is 30.3 Å². The number of benzene rings is 1. The van der Waals surface area contributed by atoms with Crippen molar-refractivity contribution >= 4 is 24.1 Å². The number of aromatic nitrogens is 2. The first kappa shape index (κ1) is 21.0. The van der Waals surface area contributed by atoms with Gasteiger partial charge in [-0.3, -0.25) is 4.79 Å². The molecule has 1 atom stereocenters. The molecule has 1 aromatic carbocycles. The van der Waals surface area contributed by atoms with E-state index in [1.807, 2.05) is 0 Å². The Hall–Kier alpha value is -2.06.